The van der Waals surface area contributed by atoms with E-state index in [2.05, 4.69) is 24.4 Å². The van der Waals surface area contributed by atoms with Crippen LogP contribution in [0.1, 0.15) is 108 Å². The van der Waals surface area contributed by atoms with Gasteiger partial charge in [0.05, 0.1) is 5.56 Å². The Kier molecular flexibility index (Phi) is 14.8. The molecule has 0 fully saturated rings. The Balaban J connectivity index is 1.94. The molecule has 1 N–H and O–H groups in total. The van der Waals surface area contributed by atoms with Gasteiger partial charge in [-0.05, 0) is 49.8 Å². The molecule has 1 amide bonds. The van der Waals surface area contributed by atoms with Gasteiger partial charge in [-0.15, -0.1) is 0 Å². The average molecular weight is 440 g/mol. The number of amides is 1. The van der Waals surface area contributed by atoms with Gasteiger partial charge in [-0.25, -0.2) is 0 Å². The normalized spacial score (nSPS) is 11.9. The first-order valence-electron chi connectivity index (χ1n) is 12.0. The summed E-state index contributed by atoms with van der Waals surface area (Å²) in [4.78, 5) is 11.9. The number of hydrogen-bond donors (Lipinski definition) is 1. The van der Waals surface area contributed by atoms with Gasteiger partial charge in [-0.1, -0.05) is 82.6 Å². The Morgan fingerprint density at radius 2 is 1.32 bits per heavy atom. The molecule has 0 atom stereocenters. The second-order valence-electron chi connectivity index (χ2n) is 8.31. The minimum Gasteiger partial charge on any atom is -0.352 e. The first kappa shape index (κ1) is 27.3. The second kappa shape index (κ2) is 16.9. The number of hydrogen-bond acceptors (Lipinski definition) is 1. The molecular formula is C26H40F3NO. The van der Waals surface area contributed by atoms with E-state index in [1.54, 1.807) is 0 Å². The lowest BCUT2D eigenvalue weighted by molar-refractivity contribution is -0.137. The molecule has 0 spiro atoms. The van der Waals surface area contributed by atoms with Crippen molar-refractivity contribution >= 4 is 5.91 Å². The van der Waals surface area contributed by atoms with Gasteiger partial charge in [0, 0.05) is 13.0 Å². The van der Waals surface area contributed by atoms with Crippen LogP contribution in [-0.4, -0.2) is 5.91 Å². The molecule has 0 saturated carbocycles. The Morgan fingerprint density at radius 3 is 1.87 bits per heavy atom. The van der Waals surface area contributed by atoms with Crippen molar-refractivity contribution in [3.05, 3.63) is 47.5 Å². The van der Waals surface area contributed by atoms with E-state index in [0.717, 1.165) is 37.8 Å². The molecule has 0 saturated heterocycles. The predicted molar refractivity (Wildman–Crippen MR) is 123 cm³/mol. The van der Waals surface area contributed by atoms with Crippen LogP contribution in [0.5, 0.6) is 0 Å². The maximum atomic E-state index is 12.5. The van der Waals surface area contributed by atoms with E-state index >= 15 is 0 Å². The van der Waals surface area contributed by atoms with Gasteiger partial charge in [0.2, 0.25) is 5.91 Å². The molecule has 0 unspecified atom stereocenters. The Hall–Kier alpha value is -1.78. The lowest BCUT2D eigenvalue weighted by Gasteiger charge is -2.08. The number of rotatable bonds is 17. The molecule has 0 aliphatic rings. The average Bonchev–Trinajstić information content (AvgIpc) is 2.74. The fraction of sp³-hybridized carbons (Fsp3) is 0.654. The largest absolute Gasteiger partial charge is 0.416 e. The quantitative estimate of drug-likeness (QED) is 0.192. The molecule has 1 aromatic rings. The second-order valence-corrected chi connectivity index (χ2v) is 8.31. The van der Waals surface area contributed by atoms with E-state index in [0.29, 0.717) is 12.0 Å². The van der Waals surface area contributed by atoms with Crippen molar-refractivity contribution in [1.29, 1.82) is 0 Å². The SMILES string of the molecule is CCCCCCCC/C=C\CCCCCCCC(=O)NCc1ccc(C(F)(F)F)cc1. The van der Waals surface area contributed by atoms with Crippen LogP contribution in [0.4, 0.5) is 13.2 Å². The zero-order valence-electron chi connectivity index (χ0n) is 19.1. The summed E-state index contributed by atoms with van der Waals surface area (Å²) in [5.74, 6) is -0.0440. The third kappa shape index (κ3) is 14.8. The van der Waals surface area contributed by atoms with Crippen molar-refractivity contribution in [2.24, 2.45) is 0 Å². The zero-order chi connectivity index (χ0) is 22.8. The standard InChI is InChI=1S/C26H40F3NO/c1-2-3-4-5-6-7-8-9-10-11-12-13-14-15-16-17-25(31)30-22-23-18-20-24(21-19-23)26(27,28)29/h9-10,18-21H,2-8,11-17,22H2,1H3,(H,30,31)/b10-9-. The molecule has 0 heterocycles. The number of halogens is 3. The van der Waals surface area contributed by atoms with Crippen LogP contribution in [0.25, 0.3) is 0 Å². The summed E-state index contributed by atoms with van der Waals surface area (Å²) in [5, 5.41) is 2.78. The van der Waals surface area contributed by atoms with Crippen molar-refractivity contribution in [2.75, 3.05) is 0 Å². The number of carbonyl (C=O) groups is 1. The lowest BCUT2D eigenvalue weighted by Crippen LogP contribution is -2.22. The van der Waals surface area contributed by atoms with E-state index in [1.807, 2.05) is 0 Å². The summed E-state index contributed by atoms with van der Waals surface area (Å²) in [5.41, 5.74) is 0.00164. The van der Waals surface area contributed by atoms with Gasteiger partial charge in [-0.3, -0.25) is 4.79 Å². The van der Waals surface area contributed by atoms with E-state index in [-0.39, 0.29) is 12.5 Å². The molecule has 5 heteroatoms. The number of allylic oxidation sites excluding steroid dienone is 2. The van der Waals surface area contributed by atoms with Gasteiger partial charge in [-0.2, -0.15) is 13.2 Å². The number of carbonyl (C=O) groups excluding carboxylic acids is 1. The van der Waals surface area contributed by atoms with Crippen LogP contribution in [0, 0.1) is 0 Å². The van der Waals surface area contributed by atoms with Gasteiger partial charge in [0.15, 0.2) is 0 Å². The highest BCUT2D eigenvalue weighted by molar-refractivity contribution is 5.75. The molecule has 176 valence electrons. The third-order valence-corrected chi connectivity index (χ3v) is 5.44. The Bertz CT molecular complexity index is 608. The Morgan fingerprint density at radius 1 is 0.806 bits per heavy atom. The lowest BCUT2D eigenvalue weighted by atomic mass is 10.1. The van der Waals surface area contributed by atoms with Gasteiger partial charge in [0.25, 0.3) is 0 Å². The van der Waals surface area contributed by atoms with Crippen molar-refractivity contribution in [2.45, 2.75) is 110 Å². The highest BCUT2D eigenvalue weighted by Gasteiger charge is 2.29. The van der Waals surface area contributed by atoms with Gasteiger partial charge < -0.3 is 5.32 Å². The monoisotopic (exact) mass is 439 g/mol. The molecule has 0 aliphatic carbocycles. The van der Waals surface area contributed by atoms with Crippen molar-refractivity contribution in [1.82, 2.24) is 5.32 Å². The van der Waals surface area contributed by atoms with Crippen LogP contribution in [0.2, 0.25) is 0 Å². The topological polar surface area (TPSA) is 29.1 Å². The molecule has 0 aliphatic heterocycles. The first-order chi connectivity index (χ1) is 14.9. The summed E-state index contributed by atoms with van der Waals surface area (Å²) in [7, 11) is 0. The number of nitrogens with one attached hydrogen (secondary N) is 1. The molecule has 31 heavy (non-hydrogen) atoms. The van der Waals surface area contributed by atoms with Gasteiger partial charge >= 0.3 is 6.18 Å². The molecule has 0 aromatic heterocycles. The molecule has 2 nitrogen and oxygen atoms in total. The smallest absolute Gasteiger partial charge is 0.352 e. The van der Waals surface area contributed by atoms with Crippen LogP contribution in [0.15, 0.2) is 36.4 Å². The summed E-state index contributed by atoms with van der Waals surface area (Å²) < 4.78 is 37.6. The van der Waals surface area contributed by atoms with E-state index in [1.165, 1.54) is 69.9 Å². The number of benzene rings is 1. The van der Waals surface area contributed by atoms with Gasteiger partial charge in [0.1, 0.15) is 0 Å². The van der Waals surface area contributed by atoms with E-state index < -0.39 is 11.7 Å². The minimum absolute atomic E-state index is 0.0440. The summed E-state index contributed by atoms with van der Waals surface area (Å²) in [6.45, 7) is 2.51. The molecule has 1 aromatic carbocycles. The fourth-order valence-electron chi connectivity index (χ4n) is 3.46. The maximum Gasteiger partial charge on any atom is 0.416 e. The van der Waals surface area contributed by atoms with Crippen LogP contribution in [-0.2, 0) is 17.5 Å². The highest BCUT2D eigenvalue weighted by Crippen LogP contribution is 2.29. The minimum atomic E-state index is -4.33. The predicted octanol–water partition coefficient (Wildman–Crippen LogP) is 8.36. The van der Waals surface area contributed by atoms with Crippen LogP contribution in [0.3, 0.4) is 0 Å². The Labute approximate surface area is 186 Å². The number of unbranched alkanes of at least 4 members (excludes halogenated alkanes) is 11. The maximum absolute atomic E-state index is 12.5. The highest BCUT2D eigenvalue weighted by atomic mass is 19.4. The third-order valence-electron chi connectivity index (χ3n) is 5.44. The van der Waals surface area contributed by atoms with Crippen LogP contribution >= 0.6 is 0 Å². The summed E-state index contributed by atoms with van der Waals surface area (Å²) in [6.07, 6.45) is 16.6. The van der Waals surface area contributed by atoms with Crippen molar-refractivity contribution < 1.29 is 18.0 Å². The molecular weight excluding hydrogens is 399 g/mol. The van der Waals surface area contributed by atoms with Crippen LogP contribution < -0.4 is 5.32 Å². The fourth-order valence-corrected chi connectivity index (χ4v) is 3.46. The molecule has 1 rings (SSSR count). The number of alkyl halides is 3. The first-order valence-corrected chi connectivity index (χ1v) is 12.0. The van der Waals surface area contributed by atoms with E-state index in [9.17, 15) is 18.0 Å². The van der Waals surface area contributed by atoms with E-state index in [4.69, 9.17) is 0 Å². The summed E-state index contributed by atoms with van der Waals surface area (Å²) >= 11 is 0. The molecule has 0 radical (unpaired) electrons. The zero-order valence-corrected chi connectivity index (χ0v) is 19.1. The summed E-state index contributed by atoms with van der Waals surface area (Å²) in [6, 6.07) is 4.91. The van der Waals surface area contributed by atoms with Crippen molar-refractivity contribution in [3.8, 4) is 0 Å². The van der Waals surface area contributed by atoms with Crippen molar-refractivity contribution in [3.63, 3.8) is 0 Å². The molecule has 0 bridgehead atoms.